The van der Waals surface area contributed by atoms with Crippen molar-refractivity contribution in [2.75, 3.05) is 4.72 Å². The lowest BCUT2D eigenvalue weighted by Gasteiger charge is -2.10. The number of nitrogens with zero attached hydrogens (tertiary/aromatic N) is 1. The van der Waals surface area contributed by atoms with Crippen molar-refractivity contribution < 1.29 is 13.5 Å². The number of rotatable bonds is 4. The topological polar surface area (TPSA) is 71.3 Å². The van der Waals surface area contributed by atoms with Crippen molar-refractivity contribution >= 4 is 15.7 Å². The van der Waals surface area contributed by atoms with Crippen LogP contribution >= 0.6 is 0 Å². The molecule has 2 N–H and O–H groups in total. The van der Waals surface area contributed by atoms with Crippen LogP contribution in [0.4, 0.5) is 5.69 Å². The summed E-state index contributed by atoms with van der Waals surface area (Å²) in [5.74, 6) is 0. The quantitative estimate of drug-likeness (QED) is 0.905. The van der Waals surface area contributed by atoms with Crippen LogP contribution in [-0.4, -0.2) is 18.1 Å². The van der Waals surface area contributed by atoms with Gasteiger partial charge in [0.15, 0.2) is 0 Å². The van der Waals surface area contributed by atoms with Crippen molar-refractivity contribution in [2.45, 2.75) is 25.3 Å². The first-order valence-electron chi connectivity index (χ1n) is 6.19. The van der Waals surface area contributed by atoms with Gasteiger partial charge in [-0.1, -0.05) is 12.1 Å². The first kappa shape index (κ1) is 14.6. The van der Waals surface area contributed by atoms with Gasteiger partial charge in [0, 0.05) is 18.9 Å². The molecule has 2 aromatic rings. The normalized spacial score (nSPS) is 11.6. The summed E-state index contributed by atoms with van der Waals surface area (Å²) in [6.45, 7) is 3.56. The molecule has 1 aromatic carbocycles. The van der Waals surface area contributed by atoms with Crippen LogP contribution in [0.5, 0.6) is 0 Å². The van der Waals surface area contributed by atoms with E-state index in [9.17, 15) is 8.42 Å². The molecule has 0 aliphatic carbocycles. The number of nitrogens with one attached hydrogen (secondary N) is 1. The zero-order valence-corrected chi connectivity index (χ0v) is 12.5. The molecule has 2 rings (SSSR count). The maximum Gasteiger partial charge on any atom is 0.263 e. The van der Waals surface area contributed by atoms with Crippen LogP contribution in [0, 0.1) is 13.8 Å². The van der Waals surface area contributed by atoms with Crippen molar-refractivity contribution in [3.63, 3.8) is 0 Å². The van der Waals surface area contributed by atoms with E-state index < -0.39 is 10.0 Å². The van der Waals surface area contributed by atoms with E-state index in [0.717, 1.165) is 11.1 Å². The fourth-order valence-electron chi connectivity index (χ4n) is 1.93. The highest BCUT2D eigenvalue weighted by atomic mass is 32.2. The second-order valence-corrected chi connectivity index (χ2v) is 6.54. The lowest BCUT2D eigenvalue weighted by Crippen LogP contribution is -2.13. The number of hydrogen-bond donors (Lipinski definition) is 2. The number of hydrogen-bond acceptors (Lipinski definition) is 3. The number of aromatic nitrogens is 1. The van der Waals surface area contributed by atoms with Gasteiger partial charge in [0.1, 0.15) is 4.90 Å². The number of aliphatic hydroxyl groups is 1. The molecule has 20 heavy (non-hydrogen) atoms. The standard InChI is InChI=1S/C14H18N2O3S/c1-10-4-5-11(2)14(6-10)15-20(18,19)13-7-12(9-17)16(3)8-13/h4-8,15,17H,9H2,1-3H3. The molecule has 0 radical (unpaired) electrons. The molecule has 0 bridgehead atoms. The van der Waals surface area contributed by atoms with Gasteiger partial charge in [-0.15, -0.1) is 0 Å². The summed E-state index contributed by atoms with van der Waals surface area (Å²) in [5.41, 5.74) is 2.96. The minimum atomic E-state index is -3.65. The Balaban J connectivity index is 2.37. The minimum absolute atomic E-state index is 0.143. The number of aliphatic hydroxyl groups excluding tert-OH is 1. The monoisotopic (exact) mass is 294 g/mol. The van der Waals surface area contributed by atoms with Gasteiger partial charge in [-0.3, -0.25) is 4.72 Å². The van der Waals surface area contributed by atoms with Gasteiger partial charge in [0.05, 0.1) is 12.3 Å². The average molecular weight is 294 g/mol. The second-order valence-electron chi connectivity index (χ2n) is 4.86. The van der Waals surface area contributed by atoms with Gasteiger partial charge in [-0.2, -0.15) is 0 Å². The molecule has 0 fully saturated rings. The number of anilines is 1. The summed E-state index contributed by atoms with van der Waals surface area (Å²) in [5, 5.41) is 9.13. The lowest BCUT2D eigenvalue weighted by atomic mass is 10.1. The zero-order chi connectivity index (χ0) is 14.9. The summed E-state index contributed by atoms with van der Waals surface area (Å²) in [6, 6.07) is 7.06. The fourth-order valence-corrected chi connectivity index (χ4v) is 3.15. The molecule has 5 nitrogen and oxygen atoms in total. The Labute approximate surface area is 118 Å². The van der Waals surface area contributed by atoms with Crippen molar-refractivity contribution in [3.05, 3.63) is 47.3 Å². The third kappa shape index (κ3) is 2.86. The van der Waals surface area contributed by atoms with E-state index in [1.54, 1.807) is 17.7 Å². The molecule has 0 unspecified atom stereocenters. The molecule has 108 valence electrons. The molecule has 0 aliphatic heterocycles. The Kier molecular flexibility index (Phi) is 3.87. The van der Waals surface area contributed by atoms with Gasteiger partial charge in [0.2, 0.25) is 0 Å². The van der Waals surface area contributed by atoms with Crippen LogP contribution < -0.4 is 4.72 Å². The van der Waals surface area contributed by atoms with E-state index >= 15 is 0 Å². The summed E-state index contributed by atoms with van der Waals surface area (Å²) >= 11 is 0. The predicted octanol–water partition coefficient (Wildman–Crippen LogP) is 1.94. The van der Waals surface area contributed by atoms with E-state index in [-0.39, 0.29) is 11.5 Å². The van der Waals surface area contributed by atoms with Gasteiger partial charge in [-0.05, 0) is 37.1 Å². The molecule has 0 saturated carbocycles. The third-order valence-corrected chi connectivity index (χ3v) is 4.52. The Morgan fingerprint density at radius 3 is 2.55 bits per heavy atom. The first-order chi connectivity index (χ1) is 9.33. The highest BCUT2D eigenvalue weighted by molar-refractivity contribution is 7.92. The summed E-state index contributed by atoms with van der Waals surface area (Å²) in [7, 11) is -1.95. The van der Waals surface area contributed by atoms with Crippen LogP contribution in [0.3, 0.4) is 0 Å². The number of sulfonamides is 1. The van der Waals surface area contributed by atoms with Gasteiger partial charge in [-0.25, -0.2) is 8.42 Å². The van der Waals surface area contributed by atoms with E-state index in [1.165, 1.54) is 12.3 Å². The first-order valence-corrected chi connectivity index (χ1v) is 7.68. The molecular weight excluding hydrogens is 276 g/mol. The van der Waals surface area contributed by atoms with Crippen LogP contribution in [0.15, 0.2) is 35.4 Å². The maximum absolute atomic E-state index is 12.3. The van der Waals surface area contributed by atoms with E-state index in [0.29, 0.717) is 11.4 Å². The molecule has 0 amide bonds. The van der Waals surface area contributed by atoms with Crippen LogP contribution in [0.2, 0.25) is 0 Å². The third-order valence-electron chi connectivity index (χ3n) is 3.19. The van der Waals surface area contributed by atoms with E-state index in [1.807, 2.05) is 26.0 Å². The summed E-state index contributed by atoms with van der Waals surface area (Å²) < 4.78 is 28.9. The van der Waals surface area contributed by atoms with Gasteiger partial charge in [0.25, 0.3) is 10.0 Å². The Morgan fingerprint density at radius 2 is 1.95 bits per heavy atom. The van der Waals surface area contributed by atoms with Crippen LogP contribution in [0.25, 0.3) is 0 Å². The molecule has 6 heteroatoms. The Hall–Kier alpha value is -1.79. The highest BCUT2D eigenvalue weighted by Gasteiger charge is 2.18. The smallest absolute Gasteiger partial charge is 0.263 e. The predicted molar refractivity (Wildman–Crippen MR) is 78.1 cm³/mol. The zero-order valence-electron chi connectivity index (χ0n) is 11.7. The van der Waals surface area contributed by atoms with Crippen LogP contribution in [-0.2, 0) is 23.7 Å². The van der Waals surface area contributed by atoms with Crippen molar-refractivity contribution in [1.29, 1.82) is 0 Å². The molecular formula is C14H18N2O3S. The molecule has 0 spiro atoms. The molecule has 0 atom stereocenters. The maximum atomic E-state index is 12.3. The fraction of sp³-hybridized carbons (Fsp3) is 0.286. The van der Waals surface area contributed by atoms with Crippen molar-refractivity contribution in [2.24, 2.45) is 7.05 Å². The lowest BCUT2D eigenvalue weighted by molar-refractivity contribution is 0.272. The number of benzene rings is 1. The summed E-state index contributed by atoms with van der Waals surface area (Å²) in [4.78, 5) is 0.143. The highest BCUT2D eigenvalue weighted by Crippen LogP contribution is 2.22. The molecule has 1 heterocycles. The Bertz CT molecular complexity index is 733. The van der Waals surface area contributed by atoms with Crippen molar-refractivity contribution in [3.8, 4) is 0 Å². The molecule has 0 aliphatic rings. The minimum Gasteiger partial charge on any atom is -0.390 e. The van der Waals surface area contributed by atoms with E-state index in [2.05, 4.69) is 4.72 Å². The van der Waals surface area contributed by atoms with Gasteiger partial charge >= 0.3 is 0 Å². The largest absolute Gasteiger partial charge is 0.390 e. The summed E-state index contributed by atoms with van der Waals surface area (Å²) in [6.07, 6.45) is 1.49. The number of aryl methyl sites for hydroxylation is 3. The SMILES string of the molecule is Cc1ccc(C)c(NS(=O)(=O)c2cc(CO)n(C)c2)c1. The Morgan fingerprint density at radius 1 is 1.25 bits per heavy atom. The van der Waals surface area contributed by atoms with Crippen molar-refractivity contribution in [1.82, 2.24) is 4.57 Å². The second kappa shape index (κ2) is 5.30. The molecule has 1 aromatic heterocycles. The van der Waals surface area contributed by atoms with Crippen LogP contribution in [0.1, 0.15) is 16.8 Å². The van der Waals surface area contributed by atoms with Gasteiger partial charge < -0.3 is 9.67 Å². The average Bonchev–Trinajstić information content (AvgIpc) is 2.76. The van der Waals surface area contributed by atoms with E-state index in [4.69, 9.17) is 5.11 Å². The molecule has 0 saturated heterocycles.